The van der Waals surface area contributed by atoms with Crippen LogP contribution in [0.15, 0.2) is 12.1 Å². The molecule has 0 aromatic heterocycles. The van der Waals surface area contributed by atoms with Gasteiger partial charge in [0.1, 0.15) is 6.29 Å². The summed E-state index contributed by atoms with van der Waals surface area (Å²) in [7, 11) is 0. The van der Waals surface area contributed by atoms with Crippen LogP contribution in [0.2, 0.25) is 0 Å². The zero-order valence-corrected chi connectivity index (χ0v) is 7.79. The third-order valence-corrected chi connectivity index (χ3v) is 1.65. The normalized spacial score (nSPS) is 9.86. The molecule has 0 aliphatic carbocycles. The minimum atomic E-state index is -0.847. The number of hydrogen-bond donors (Lipinski definition) is 1. The molecule has 0 atom stereocenters. The molecule has 1 N–H and O–H groups in total. The van der Waals surface area contributed by atoms with E-state index < -0.39 is 11.6 Å². The first kappa shape index (κ1) is 10.5. The van der Waals surface area contributed by atoms with Crippen LogP contribution in [0.1, 0.15) is 23.7 Å². The summed E-state index contributed by atoms with van der Waals surface area (Å²) in [5, 5.41) is 9.23. The Bertz CT molecular complexity index is 336. The van der Waals surface area contributed by atoms with Crippen molar-refractivity contribution < 1.29 is 19.0 Å². The second-order valence-electron chi connectivity index (χ2n) is 2.82. The van der Waals surface area contributed by atoms with Crippen molar-refractivity contribution in [2.75, 3.05) is 6.61 Å². The standard InChI is InChI=1S/C10H11FO3/c1-2-3-14-9-5-7(6-12)4-8(11)10(9)13/h4-6,13H,2-3H2,1H3. The molecule has 0 bridgehead atoms. The average molecular weight is 198 g/mol. The molecule has 0 saturated carbocycles. The van der Waals surface area contributed by atoms with Crippen LogP contribution in [0.25, 0.3) is 0 Å². The molecule has 1 aromatic rings. The van der Waals surface area contributed by atoms with E-state index in [0.29, 0.717) is 12.9 Å². The van der Waals surface area contributed by atoms with E-state index >= 15 is 0 Å². The van der Waals surface area contributed by atoms with Crippen molar-refractivity contribution in [3.05, 3.63) is 23.5 Å². The molecule has 14 heavy (non-hydrogen) atoms. The van der Waals surface area contributed by atoms with Gasteiger partial charge < -0.3 is 9.84 Å². The number of ether oxygens (including phenoxy) is 1. The van der Waals surface area contributed by atoms with E-state index in [1.54, 1.807) is 0 Å². The van der Waals surface area contributed by atoms with E-state index in [9.17, 15) is 14.3 Å². The Morgan fingerprint density at radius 3 is 2.86 bits per heavy atom. The van der Waals surface area contributed by atoms with Crippen molar-refractivity contribution in [2.24, 2.45) is 0 Å². The van der Waals surface area contributed by atoms with Gasteiger partial charge in [-0.15, -0.1) is 0 Å². The minimum absolute atomic E-state index is 0.00829. The molecule has 0 aliphatic heterocycles. The molecule has 3 nitrogen and oxygen atoms in total. The number of phenolic OH excluding ortho intramolecular Hbond substituents is 1. The van der Waals surface area contributed by atoms with Gasteiger partial charge in [-0.25, -0.2) is 4.39 Å². The number of rotatable bonds is 4. The van der Waals surface area contributed by atoms with Gasteiger partial charge in [0.2, 0.25) is 0 Å². The number of phenols is 1. The third-order valence-electron chi connectivity index (χ3n) is 1.65. The number of halogens is 1. The Morgan fingerprint density at radius 2 is 2.29 bits per heavy atom. The summed E-state index contributed by atoms with van der Waals surface area (Å²) in [4.78, 5) is 10.4. The van der Waals surface area contributed by atoms with Crippen LogP contribution in [-0.2, 0) is 0 Å². The number of aromatic hydroxyl groups is 1. The van der Waals surface area contributed by atoms with E-state index in [-0.39, 0.29) is 11.3 Å². The first-order chi connectivity index (χ1) is 6.69. The lowest BCUT2D eigenvalue weighted by Crippen LogP contribution is -1.97. The summed E-state index contributed by atoms with van der Waals surface area (Å²) >= 11 is 0. The van der Waals surface area contributed by atoms with Gasteiger partial charge in [0.05, 0.1) is 6.61 Å². The van der Waals surface area contributed by atoms with Gasteiger partial charge in [0.15, 0.2) is 17.3 Å². The quantitative estimate of drug-likeness (QED) is 0.754. The van der Waals surface area contributed by atoms with Crippen LogP contribution in [0.3, 0.4) is 0 Å². The number of hydrogen-bond acceptors (Lipinski definition) is 3. The van der Waals surface area contributed by atoms with Crippen LogP contribution < -0.4 is 4.74 Å². The zero-order chi connectivity index (χ0) is 10.6. The van der Waals surface area contributed by atoms with Crippen LogP contribution in [0.4, 0.5) is 4.39 Å². The van der Waals surface area contributed by atoms with E-state index in [0.717, 1.165) is 12.5 Å². The molecule has 0 radical (unpaired) electrons. The van der Waals surface area contributed by atoms with Crippen LogP contribution in [0, 0.1) is 5.82 Å². The number of benzene rings is 1. The lowest BCUT2D eigenvalue weighted by Gasteiger charge is -2.07. The summed E-state index contributed by atoms with van der Waals surface area (Å²) < 4.78 is 18.0. The molecule has 1 aromatic carbocycles. The SMILES string of the molecule is CCCOc1cc(C=O)cc(F)c1O. The molecular formula is C10H11FO3. The molecule has 0 saturated heterocycles. The van der Waals surface area contributed by atoms with E-state index in [4.69, 9.17) is 4.74 Å². The predicted molar refractivity (Wildman–Crippen MR) is 49.2 cm³/mol. The van der Waals surface area contributed by atoms with Gasteiger partial charge >= 0.3 is 0 Å². The lowest BCUT2D eigenvalue weighted by molar-refractivity contribution is 0.112. The smallest absolute Gasteiger partial charge is 0.194 e. The van der Waals surface area contributed by atoms with Crippen molar-refractivity contribution >= 4 is 6.29 Å². The topological polar surface area (TPSA) is 46.5 Å². The Kier molecular flexibility index (Phi) is 3.45. The minimum Gasteiger partial charge on any atom is -0.502 e. The van der Waals surface area contributed by atoms with Crippen LogP contribution in [-0.4, -0.2) is 18.0 Å². The number of carbonyl (C=O) groups excluding carboxylic acids is 1. The summed E-state index contributed by atoms with van der Waals surface area (Å²) in [5.74, 6) is -1.39. The molecular weight excluding hydrogens is 187 g/mol. The van der Waals surface area contributed by atoms with Gasteiger partial charge in [-0.2, -0.15) is 0 Å². The summed E-state index contributed by atoms with van der Waals surface area (Å²) in [5.41, 5.74) is 0.145. The Balaban J connectivity index is 3.00. The maximum atomic E-state index is 13.0. The Hall–Kier alpha value is -1.58. The van der Waals surface area contributed by atoms with Crippen LogP contribution in [0.5, 0.6) is 11.5 Å². The molecule has 0 spiro atoms. The lowest BCUT2D eigenvalue weighted by atomic mass is 10.2. The maximum Gasteiger partial charge on any atom is 0.194 e. The molecule has 0 unspecified atom stereocenters. The van der Waals surface area contributed by atoms with Gasteiger partial charge in [-0.05, 0) is 18.6 Å². The molecule has 0 fully saturated rings. The molecule has 1 rings (SSSR count). The average Bonchev–Trinajstić information content (AvgIpc) is 2.20. The summed E-state index contributed by atoms with van der Waals surface area (Å²) in [6.07, 6.45) is 1.24. The van der Waals surface area contributed by atoms with E-state index in [1.807, 2.05) is 6.92 Å². The highest BCUT2D eigenvalue weighted by molar-refractivity contribution is 5.76. The zero-order valence-electron chi connectivity index (χ0n) is 7.79. The predicted octanol–water partition coefficient (Wildman–Crippen LogP) is 2.13. The fraction of sp³-hybridized carbons (Fsp3) is 0.300. The molecule has 76 valence electrons. The van der Waals surface area contributed by atoms with Crippen molar-refractivity contribution in [1.29, 1.82) is 0 Å². The van der Waals surface area contributed by atoms with Gasteiger partial charge in [0, 0.05) is 5.56 Å². The first-order valence-corrected chi connectivity index (χ1v) is 4.29. The van der Waals surface area contributed by atoms with Gasteiger partial charge in [0.25, 0.3) is 0 Å². The third kappa shape index (κ3) is 2.22. The van der Waals surface area contributed by atoms with Crippen molar-refractivity contribution in [3.8, 4) is 11.5 Å². The monoisotopic (exact) mass is 198 g/mol. The fourth-order valence-corrected chi connectivity index (χ4v) is 0.984. The Labute approximate surface area is 81.1 Å². The van der Waals surface area contributed by atoms with Crippen LogP contribution >= 0.6 is 0 Å². The van der Waals surface area contributed by atoms with Gasteiger partial charge in [-0.1, -0.05) is 6.92 Å². The van der Waals surface area contributed by atoms with E-state index in [2.05, 4.69) is 0 Å². The Morgan fingerprint density at radius 1 is 1.57 bits per heavy atom. The second-order valence-corrected chi connectivity index (χ2v) is 2.82. The van der Waals surface area contributed by atoms with Crippen molar-refractivity contribution in [3.63, 3.8) is 0 Å². The highest BCUT2D eigenvalue weighted by atomic mass is 19.1. The molecule has 0 amide bonds. The summed E-state index contributed by atoms with van der Waals surface area (Å²) in [6, 6.07) is 2.27. The van der Waals surface area contributed by atoms with Crippen molar-refractivity contribution in [1.82, 2.24) is 0 Å². The number of aldehydes is 1. The molecule has 0 aliphatic rings. The highest BCUT2D eigenvalue weighted by Gasteiger charge is 2.10. The van der Waals surface area contributed by atoms with E-state index in [1.165, 1.54) is 6.07 Å². The highest BCUT2D eigenvalue weighted by Crippen LogP contribution is 2.29. The largest absolute Gasteiger partial charge is 0.502 e. The molecule has 4 heteroatoms. The second kappa shape index (κ2) is 4.60. The van der Waals surface area contributed by atoms with Gasteiger partial charge in [-0.3, -0.25) is 4.79 Å². The van der Waals surface area contributed by atoms with Crippen molar-refractivity contribution in [2.45, 2.75) is 13.3 Å². The maximum absolute atomic E-state index is 13.0. The molecule has 0 heterocycles. The first-order valence-electron chi connectivity index (χ1n) is 4.29. The number of carbonyl (C=O) groups is 1. The summed E-state index contributed by atoms with van der Waals surface area (Å²) in [6.45, 7) is 2.26. The fourth-order valence-electron chi connectivity index (χ4n) is 0.984.